The molecule has 120 valence electrons. The van der Waals surface area contributed by atoms with Gasteiger partial charge in [0.25, 0.3) is 0 Å². The normalized spacial score (nSPS) is 11.3. The van der Waals surface area contributed by atoms with Crippen molar-refractivity contribution in [2.45, 2.75) is 39.8 Å². The topological polar surface area (TPSA) is 64.6 Å². The van der Waals surface area contributed by atoms with Crippen LogP contribution >= 0.6 is 0 Å². The van der Waals surface area contributed by atoms with Gasteiger partial charge in [0.15, 0.2) is 0 Å². The van der Waals surface area contributed by atoms with Crippen molar-refractivity contribution in [2.24, 2.45) is 0 Å². The standard InChI is InChI=1S/C17H23NO4/c1-5-21-15(19)10-9-13-7-6-8-14(11-13)12-18-16(20)22-17(2,3)4/h6-11H,5,12H2,1-4H3,(H,18,20)/b10-9+. The molecule has 0 unspecified atom stereocenters. The lowest BCUT2D eigenvalue weighted by molar-refractivity contribution is -0.137. The van der Waals surface area contributed by atoms with Gasteiger partial charge in [0, 0.05) is 12.6 Å². The van der Waals surface area contributed by atoms with Gasteiger partial charge in [0.2, 0.25) is 0 Å². The predicted octanol–water partition coefficient (Wildman–Crippen LogP) is 3.29. The molecule has 0 aliphatic rings. The Hall–Kier alpha value is -2.30. The highest BCUT2D eigenvalue weighted by molar-refractivity contribution is 5.87. The zero-order valence-electron chi connectivity index (χ0n) is 13.5. The minimum Gasteiger partial charge on any atom is -0.463 e. The minimum atomic E-state index is -0.520. The number of hydrogen-bond acceptors (Lipinski definition) is 4. The Morgan fingerprint density at radius 1 is 1.27 bits per heavy atom. The molecule has 0 aromatic heterocycles. The summed E-state index contributed by atoms with van der Waals surface area (Å²) in [5, 5.41) is 2.69. The van der Waals surface area contributed by atoms with Gasteiger partial charge in [0.05, 0.1) is 6.61 Å². The molecule has 0 fully saturated rings. The van der Waals surface area contributed by atoms with Crippen molar-refractivity contribution in [3.05, 3.63) is 41.5 Å². The SMILES string of the molecule is CCOC(=O)/C=C/c1cccc(CNC(=O)OC(C)(C)C)c1. The smallest absolute Gasteiger partial charge is 0.407 e. The number of rotatable bonds is 5. The Kier molecular flexibility index (Phi) is 6.63. The maximum absolute atomic E-state index is 11.6. The van der Waals surface area contributed by atoms with Crippen LogP contribution in [-0.4, -0.2) is 24.3 Å². The van der Waals surface area contributed by atoms with E-state index in [0.717, 1.165) is 11.1 Å². The molecule has 1 rings (SSSR count). The van der Waals surface area contributed by atoms with Gasteiger partial charge in [-0.3, -0.25) is 0 Å². The Balaban J connectivity index is 2.57. The van der Waals surface area contributed by atoms with E-state index in [1.165, 1.54) is 6.08 Å². The molecule has 1 N–H and O–H groups in total. The molecular weight excluding hydrogens is 282 g/mol. The van der Waals surface area contributed by atoms with Crippen LogP contribution in [0.25, 0.3) is 6.08 Å². The number of esters is 1. The number of benzene rings is 1. The fourth-order valence-electron chi connectivity index (χ4n) is 1.65. The van der Waals surface area contributed by atoms with Crippen LogP contribution < -0.4 is 5.32 Å². The van der Waals surface area contributed by atoms with E-state index in [2.05, 4.69) is 5.32 Å². The first-order valence-corrected chi connectivity index (χ1v) is 7.21. The molecule has 0 radical (unpaired) electrons. The molecule has 0 aliphatic carbocycles. The summed E-state index contributed by atoms with van der Waals surface area (Å²) in [5.74, 6) is -0.375. The molecule has 22 heavy (non-hydrogen) atoms. The molecule has 0 heterocycles. The second-order valence-electron chi connectivity index (χ2n) is 5.69. The van der Waals surface area contributed by atoms with Crippen molar-refractivity contribution >= 4 is 18.1 Å². The lowest BCUT2D eigenvalue weighted by Crippen LogP contribution is -2.32. The summed E-state index contributed by atoms with van der Waals surface area (Å²) in [6, 6.07) is 7.50. The number of hydrogen-bond donors (Lipinski definition) is 1. The molecule has 5 heteroatoms. The first kappa shape index (κ1) is 17.8. The number of carbonyl (C=O) groups is 2. The van der Waals surface area contributed by atoms with E-state index in [0.29, 0.717) is 13.2 Å². The molecule has 0 atom stereocenters. The third kappa shape index (κ3) is 7.47. The van der Waals surface area contributed by atoms with Gasteiger partial charge in [-0.05, 0) is 51.0 Å². The fourth-order valence-corrected chi connectivity index (χ4v) is 1.65. The predicted molar refractivity (Wildman–Crippen MR) is 85.2 cm³/mol. The Bertz CT molecular complexity index is 544. The van der Waals surface area contributed by atoms with Crippen molar-refractivity contribution in [3.63, 3.8) is 0 Å². The van der Waals surface area contributed by atoms with E-state index in [1.54, 1.807) is 13.0 Å². The van der Waals surface area contributed by atoms with E-state index in [9.17, 15) is 9.59 Å². The highest BCUT2D eigenvalue weighted by Gasteiger charge is 2.15. The van der Waals surface area contributed by atoms with E-state index in [4.69, 9.17) is 9.47 Å². The number of nitrogens with one attached hydrogen (secondary N) is 1. The number of carbonyl (C=O) groups excluding carboxylic acids is 2. The maximum atomic E-state index is 11.6. The Labute approximate surface area is 131 Å². The van der Waals surface area contributed by atoms with Crippen molar-refractivity contribution in [1.82, 2.24) is 5.32 Å². The van der Waals surface area contributed by atoms with E-state index >= 15 is 0 Å². The average Bonchev–Trinajstić information content (AvgIpc) is 2.42. The summed E-state index contributed by atoms with van der Waals surface area (Å²) in [4.78, 5) is 22.9. The third-order valence-corrected chi connectivity index (χ3v) is 2.49. The summed E-state index contributed by atoms with van der Waals surface area (Å²) < 4.78 is 9.99. The summed E-state index contributed by atoms with van der Waals surface area (Å²) in [5.41, 5.74) is 1.25. The van der Waals surface area contributed by atoms with Crippen LogP contribution in [-0.2, 0) is 20.8 Å². The van der Waals surface area contributed by atoms with Gasteiger partial charge >= 0.3 is 12.1 Å². The van der Waals surface area contributed by atoms with Gasteiger partial charge in [-0.2, -0.15) is 0 Å². The van der Waals surface area contributed by atoms with Gasteiger partial charge in [-0.15, -0.1) is 0 Å². The first-order chi connectivity index (χ1) is 10.3. The van der Waals surface area contributed by atoms with Gasteiger partial charge in [-0.1, -0.05) is 18.2 Å². The lowest BCUT2D eigenvalue weighted by atomic mass is 10.1. The molecule has 0 saturated heterocycles. The van der Waals surface area contributed by atoms with Crippen molar-refractivity contribution in [3.8, 4) is 0 Å². The summed E-state index contributed by atoms with van der Waals surface area (Å²) in [6.45, 7) is 7.90. The number of ether oxygens (including phenoxy) is 2. The highest BCUT2D eigenvalue weighted by Crippen LogP contribution is 2.09. The second kappa shape index (κ2) is 8.22. The second-order valence-corrected chi connectivity index (χ2v) is 5.69. The third-order valence-electron chi connectivity index (χ3n) is 2.49. The van der Waals surface area contributed by atoms with Gasteiger partial charge in [0.1, 0.15) is 5.60 Å². The zero-order chi connectivity index (χ0) is 16.6. The van der Waals surface area contributed by atoms with Crippen LogP contribution in [0.4, 0.5) is 4.79 Å². The van der Waals surface area contributed by atoms with Crippen molar-refractivity contribution in [1.29, 1.82) is 0 Å². The molecule has 5 nitrogen and oxygen atoms in total. The largest absolute Gasteiger partial charge is 0.463 e. The number of amides is 1. The molecule has 1 aromatic rings. The lowest BCUT2D eigenvalue weighted by Gasteiger charge is -2.19. The van der Waals surface area contributed by atoms with Crippen LogP contribution in [0.2, 0.25) is 0 Å². The molecular formula is C17H23NO4. The first-order valence-electron chi connectivity index (χ1n) is 7.21. The van der Waals surface area contributed by atoms with Crippen LogP contribution in [0.1, 0.15) is 38.8 Å². The molecule has 0 saturated carbocycles. The highest BCUT2D eigenvalue weighted by atomic mass is 16.6. The van der Waals surface area contributed by atoms with Crippen LogP contribution in [0.3, 0.4) is 0 Å². The monoisotopic (exact) mass is 305 g/mol. The molecule has 0 bridgehead atoms. The molecule has 0 spiro atoms. The maximum Gasteiger partial charge on any atom is 0.407 e. The quantitative estimate of drug-likeness (QED) is 0.669. The van der Waals surface area contributed by atoms with Crippen LogP contribution in [0.5, 0.6) is 0 Å². The Morgan fingerprint density at radius 2 is 2.00 bits per heavy atom. The Morgan fingerprint density at radius 3 is 2.64 bits per heavy atom. The molecule has 0 aliphatic heterocycles. The molecule has 1 amide bonds. The number of alkyl carbamates (subject to hydrolysis) is 1. The summed E-state index contributed by atoms with van der Waals surface area (Å²) >= 11 is 0. The average molecular weight is 305 g/mol. The zero-order valence-corrected chi connectivity index (χ0v) is 13.5. The van der Waals surface area contributed by atoms with Gasteiger partial charge in [-0.25, -0.2) is 9.59 Å². The summed E-state index contributed by atoms with van der Waals surface area (Å²) in [6.07, 6.45) is 2.60. The van der Waals surface area contributed by atoms with E-state index < -0.39 is 11.7 Å². The van der Waals surface area contributed by atoms with Crippen LogP contribution in [0, 0.1) is 0 Å². The van der Waals surface area contributed by atoms with E-state index in [-0.39, 0.29) is 5.97 Å². The van der Waals surface area contributed by atoms with Gasteiger partial charge < -0.3 is 14.8 Å². The molecule has 1 aromatic carbocycles. The van der Waals surface area contributed by atoms with E-state index in [1.807, 2.05) is 45.0 Å². The van der Waals surface area contributed by atoms with Crippen LogP contribution in [0.15, 0.2) is 30.3 Å². The fraction of sp³-hybridized carbons (Fsp3) is 0.412. The van der Waals surface area contributed by atoms with Crippen molar-refractivity contribution < 1.29 is 19.1 Å². The summed E-state index contributed by atoms with van der Waals surface area (Å²) in [7, 11) is 0. The minimum absolute atomic E-state index is 0.350. The van der Waals surface area contributed by atoms with Crippen molar-refractivity contribution in [2.75, 3.05) is 6.61 Å².